The number of nitro groups is 1. The van der Waals surface area contributed by atoms with Crippen LogP contribution in [0.15, 0.2) is 46.2 Å². The molecule has 1 aromatic carbocycles. The van der Waals surface area contributed by atoms with E-state index < -0.39 is 11.0 Å². The van der Waals surface area contributed by atoms with Crippen molar-refractivity contribution in [1.82, 2.24) is 10.2 Å². The van der Waals surface area contributed by atoms with E-state index in [-0.39, 0.29) is 17.3 Å². The minimum absolute atomic E-state index is 0.136. The number of carbonyl (C=O) groups is 1. The molecule has 0 bridgehead atoms. The maximum absolute atomic E-state index is 12.8. The van der Waals surface area contributed by atoms with E-state index in [1.165, 1.54) is 23.5 Å². The summed E-state index contributed by atoms with van der Waals surface area (Å²) in [6.45, 7) is 4.91. The molecule has 0 spiro atoms. The quantitative estimate of drug-likeness (QED) is 0.409. The molecular weight excluding hydrogens is 394 g/mol. The number of para-hydroxylation sites is 2. The normalized spacial score (nSPS) is 13.0. The predicted octanol–water partition coefficient (Wildman–Crippen LogP) is 2.53. The maximum Gasteiger partial charge on any atom is 0.292 e. The molecule has 2 N–H and O–H groups in total. The summed E-state index contributed by atoms with van der Waals surface area (Å²) in [5, 5.41) is 24.0. The Morgan fingerprint density at radius 2 is 2.10 bits per heavy atom. The topological polar surface area (TPSA) is 116 Å². The highest BCUT2D eigenvalue weighted by Gasteiger charge is 2.28. The molecule has 1 unspecified atom stereocenters. The second kappa shape index (κ2) is 9.39. The van der Waals surface area contributed by atoms with E-state index in [0.717, 1.165) is 16.2 Å². The van der Waals surface area contributed by atoms with Gasteiger partial charge in [0.1, 0.15) is 5.69 Å². The summed E-state index contributed by atoms with van der Waals surface area (Å²) in [7, 11) is 0. The van der Waals surface area contributed by atoms with E-state index in [9.17, 15) is 14.9 Å². The average Bonchev–Trinajstić information content (AvgIpc) is 3.39. The summed E-state index contributed by atoms with van der Waals surface area (Å²) in [5.41, 5.74) is 0.0468. The van der Waals surface area contributed by atoms with Crippen LogP contribution in [-0.2, 0) is 11.3 Å². The van der Waals surface area contributed by atoms with Crippen LogP contribution in [0.4, 0.5) is 11.4 Å². The zero-order chi connectivity index (χ0) is 20.8. The van der Waals surface area contributed by atoms with Crippen molar-refractivity contribution < 1.29 is 19.0 Å². The molecule has 152 valence electrons. The Balaban J connectivity index is 1.71. The minimum Gasteiger partial charge on any atom is -0.414 e. The average molecular weight is 416 g/mol. The first-order valence-electron chi connectivity index (χ1n) is 9.24. The van der Waals surface area contributed by atoms with Crippen molar-refractivity contribution in [3.8, 4) is 10.8 Å². The van der Waals surface area contributed by atoms with Crippen molar-refractivity contribution in [3.63, 3.8) is 0 Å². The number of hydrogen-bond donors (Lipinski definition) is 2. The fraction of sp³-hybridized carbons (Fsp3) is 0.316. The third-order valence-corrected chi connectivity index (χ3v) is 5.37. The van der Waals surface area contributed by atoms with Crippen LogP contribution in [-0.4, -0.2) is 33.6 Å². The van der Waals surface area contributed by atoms with Gasteiger partial charge in [0.05, 0.1) is 16.3 Å². The summed E-state index contributed by atoms with van der Waals surface area (Å²) >= 11 is 1.51. The lowest BCUT2D eigenvalue weighted by Gasteiger charge is -2.23. The molecule has 29 heavy (non-hydrogen) atoms. The number of nitrogens with one attached hydrogen (secondary N) is 2. The number of carbonyl (C=O) groups excluding carboxylic acids is 1. The third-order valence-electron chi connectivity index (χ3n) is 4.51. The van der Waals surface area contributed by atoms with Crippen LogP contribution in [0.2, 0.25) is 0 Å². The number of hydrogen-bond acceptors (Lipinski definition) is 7. The van der Waals surface area contributed by atoms with Crippen molar-refractivity contribution in [2.75, 3.05) is 11.9 Å². The summed E-state index contributed by atoms with van der Waals surface area (Å²) in [4.78, 5) is 25.3. The maximum atomic E-state index is 12.8. The Morgan fingerprint density at radius 3 is 2.79 bits per heavy atom. The molecular formula is C19H22N5O4S+. The van der Waals surface area contributed by atoms with Crippen molar-refractivity contribution in [3.05, 3.63) is 57.8 Å². The number of nitro benzene ring substituents is 1. The van der Waals surface area contributed by atoms with Gasteiger partial charge < -0.3 is 14.6 Å². The van der Waals surface area contributed by atoms with E-state index >= 15 is 0 Å². The Morgan fingerprint density at radius 1 is 1.31 bits per heavy atom. The Labute approximate surface area is 171 Å². The molecule has 2 atom stereocenters. The van der Waals surface area contributed by atoms with Gasteiger partial charge in [0.2, 0.25) is 0 Å². The Kier molecular flexibility index (Phi) is 6.68. The van der Waals surface area contributed by atoms with Crippen LogP contribution in [0.3, 0.4) is 0 Å². The lowest BCUT2D eigenvalue weighted by Crippen LogP contribution is -3.15. The summed E-state index contributed by atoms with van der Waals surface area (Å²) in [6, 6.07) is 9.44. The van der Waals surface area contributed by atoms with Crippen molar-refractivity contribution in [2.45, 2.75) is 32.9 Å². The van der Waals surface area contributed by atoms with Crippen molar-refractivity contribution in [2.24, 2.45) is 0 Å². The predicted molar refractivity (Wildman–Crippen MR) is 109 cm³/mol. The molecule has 0 saturated heterocycles. The van der Waals surface area contributed by atoms with Crippen LogP contribution in [0.25, 0.3) is 10.8 Å². The summed E-state index contributed by atoms with van der Waals surface area (Å²) in [5.74, 6) is 0.603. The fourth-order valence-corrected chi connectivity index (χ4v) is 3.61. The van der Waals surface area contributed by atoms with Gasteiger partial charge in [0.25, 0.3) is 23.4 Å². The van der Waals surface area contributed by atoms with Gasteiger partial charge in [-0.2, -0.15) is 0 Å². The number of quaternary nitrogens is 1. The van der Waals surface area contributed by atoms with Crippen LogP contribution in [0.5, 0.6) is 0 Å². The second-order valence-corrected chi connectivity index (χ2v) is 7.50. The molecule has 10 heteroatoms. The van der Waals surface area contributed by atoms with Gasteiger partial charge in [-0.15, -0.1) is 21.5 Å². The number of rotatable bonds is 9. The van der Waals surface area contributed by atoms with Gasteiger partial charge >= 0.3 is 0 Å². The zero-order valence-corrected chi connectivity index (χ0v) is 16.9. The number of nitrogens with zero attached hydrogens (tertiary/aromatic N) is 3. The largest absolute Gasteiger partial charge is 0.414 e. The summed E-state index contributed by atoms with van der Waals surface area (Å²) in [6.07, 6.45) is 0.852. The van der Waals surface area contributed by atoms with E-state index in [2.05, 4.69) is 15.5 Å². The Hall–Kier alpha value is -3.11. The lowest BCUT2D eigenvalue weighted by molar-refractivity contribution is -0.928. The Bertz CT molecular complexity index is 973. The van der Waals surface area contributed by atoms with E-state index in [1.807, 2.05) is 24.4 Å². The molecule has 0 fully saturated rings. The number of amides is 1. The summed E-state index contributed by atoms with van der Waals surface area (Å²) < 4.78 is 5.75. The molecule has 2 aromatic heterocycles. The standard InChI is InChI=1S/C19H21N5O4S/c1-3-10-23(12-17-21-22-19(28-17)16-9-6-11-29-16)13(2)18(25)20-14-7-4-5-8-15(14)24(26)27/h4-9,11,13H,3,10,12H2,1-2H3,(H,20,25)/p+1/t13-/m0/s1. The SMILES string of the molecule is CCC[NH+](Cc1nnc(-c2cccs2)o1)[C@@H](C)C(=O)Nc1ccccc1[N+](=O)[O-]. The molecule has 0 radical (unpaired) electrons. The molecule has 0 saturated carbocycles. The van der Waals surface area contributed by atoms with Crippen molar-refractivity contribution >= 4 is 28.6 Å². The van der Waals surface area contributed by atoms with Gasteiger partial charge in [0, 0.05) is 6.07 Å². The number of benzene rings is 1. The molecule has 1 amide bonds. The highest BCUT2D eigenvalue weighted by Crippen LogP contribution is 2.24. The van der Waals surface area contributed by atoms with Crippen LogP contribution in [0, 0.1) is 10.1 Å². The molecule has 2 heterocycles. The van der Waals surface area contributed by atoms with Crippen LogP contribution in [0.1, 0.15) is 26.2 Å². The third kappa shape index (κ3) is 5.04. The molecule has 9 nitrogen and oxygen atoms in total. The van der Waals surface area contributed by atoms with Gasteiger partial charge in [-0.3, -0.25) is 14.9 Å². The van der Waals surface area contributed by atoms with Crippen LogP contribution >= 0.6 is 11.3 Å². The first-order chi connectivity index (χ1) is 14.0. The highest BCUT2D eigenvalue weighted by molar-refractivity contribution is 7.13. The van der Waals surface area contributed by atoms with Gasteiger partial charge in [-0.05, 0) is 30.9 Å². The number of aromatic nitrogens is 2. The molecule has 3 rings (SSSR count). The molecule has 0 aliphatic heterocycles. The van der Waals surface area contributed by atoms with E-state index in [4.69, 9.17) is 4.42 Å². The first kappa shape index (κ1) is 20.6. The zero-order valence-electron chi connectivity index (χ0n) is 16.1. The fourth-order valence-electron chi connectivity index (χ4n) is 2.96. The van der Waals surface area contributed by atoms with Crippen LogP contribution < -0.4 is 10.2 Å². The van der Waals surface area contributed by atoms with Gasteiger partial charge in [0.15, 0.2) is 12.6 Å². The van der Waals surface area contributed by atoms with E-state index in [0.29, 0.717) is 24.9 Å². The van der Waals surface area contributed by atoms with E-state index in [1.54, 1.807) is 19.1 Å². The minimum atomic E-state index is -0.512. The highest BCUT2D eigenvalue weighted by atomic mass is 32.1. The first-order valence-corrected chi connectivity index (χ1v) is 10.1. The monoisotopic (exact) mass is 416 g/mol. The number of anilines is 1. The number of thiophene rings is 1. The molecule has 0 aliphatic rings. The van der Waals surface area contributed by atoms with Gasteiger partial charge in [-0.25, -0.2) is 0 Å². The lowest BCUT2D eigenvalue weighted by atomic mass is 10.2. The molecule has 0 aliphatic carbocycles. The van der Waals surface area contributed by atoms with Gasteiger partial charge in [-0.1, -0.05) is 25.1 Å². The van der Waals surface area contributed by atoms with Crippen molar-refractivity contribution in [1.29, 1.82) is 0 Å². The smallest absolute Gasteiger partial charge is 0.292 e. The second-order valence-electron chi connectivity index (χ2n) is 6.55. The molecule has 3 aromatic rings.